The second-order valence-corrected chi connectivity index (χ2v) is 8.70. The summed E-state index contributed by atoms with van der Waals surface area (Å²) in [6, 6.07) is 0. The van der Waals surface area contributed by atoms with Gasteiger partial charge in [-0.25, -0.2) is 0 Å². The Morgan fingerprint density at radius 1 is 1.12 bits per heavy atom. The van der Waals surface area contributed by atoms with E-state index in [1.165, 1.54) is 0 Å². The first-order valence-corrected chi connectivity index (χ1v) is 9.46. The van der Waals surface area contributed by atoms with E-state index in [2.05, 4.69) is 5.32 Å². The molecule has 0 aromatic rings. The molecule has 142 valence electrons. The van der Waals surface area contributed by atoms with Gasteiger partial charge >= 0.3 is 5.97 Å². The van der Waals surface area contributed by atoms with E-state index < -0.39 is 16.8 Å². The van der Waals surface area contributed by atoms with E-state index in [9.17, 15) is 19.5 Å². The number of carbonyl (C=O) groups excluding carboxylic acids is 2. The molecule has 6 heteroatoms. The van der Waals surface area contributed by atoms with E-state index in [0.29, 0.717) is 25.9 Å². The number of rotatable bonds is 4. The van der Waals surface area contributed by atoms with Gasteiger partial charge in [-0.2, -0.15) is 0 Å². The third-order valence-corrected chi connectivity index (χ3v) is 5.59. The summed E-state index contributed by atoms with van der Waals surface area (Å²) in [5, 5.41) is 12.5. The molecule has 1 saturated heterocycles. The van der Waals surface area contributed by atoms with Gasteiger partial charge in [-0.15, -0.1) is 0 Å². The van der Waals surface area contributed by atoms with Crippen LogP contribution in [0.25, 0.3) is 0 Å². The van der Waals surface area contributed by atoms with E-state index in [4.69, 9.17) is 0 Å². The molecule has 2 rings (SSSR count). The Morgan fingerprint density at radius 2 is 1.76 bits per heavy atom. The van der Waals surface area contributed by atoms with Crippen molar-refractivity contribution in [3.63, 3.8) is 0 Å². The summed E-state index contributed by atoms with van der Waals surface area (Å²) in [5.74, 6) is -1.09. The Bertz CT molecular complexity index is 518. The Labute approximate surface area is 150 Å². The minimum absolute atomic E-state index is 0.0688. The third-order valence-electron chi connectivity index (χ3n) is 5.59. The van der Waals surface area contributed by atoms with Crippen LogP contribution in [0.3, 0.4) is 0 Å². The standard InChI is InChI=1S/C19H32N2O4/c1-18(2,3)16(23)21-11-7-8-14(12-21)15(22)20-13-19(17(24)25)9-5-4-6-10-19/h14H,4-13H2,1-3H3,(H,20,22)(H,24,25). The highest BCUT2D eigenvalue weighted by atomic mass is 16.4. The van der Waals surface area contributed by atoms with Crippen LogP contribution < -0.4 is 5.32 Å². The minimum atomic E-state index is -0.816. The summed E-state index contributed by atoms with van der Waals surface area (Å²) in [7, 11) is 0. The molecular weight excluding hydrogens is 320 g/mol. The van der Waals surface area contributed by atoms with Crippen LogP contribution in [0.5, 0.6) is 0 Å². The minimum Gasteiger partial charge on any atom is -0.481 e. The Kier molecular flexibility index (Phi) is 6.12. The number of aliphatic carboxylic acids is 1. The third kappa shape index (κ3) is 4.73. The molecule has 0 aromatic carbocycles. The second-order valence-electron chi connectivity index (χ2n) is 8.70. The van der Waals surface area contributed by atoms with Crippen LogP contribution >= 0.6 is 0 Å². The van der Waals surface area contributed by atoms with Gasteiger partial charge in [0, 0.05) is 25.0 Å². The number of nitrogens with one attached hydrogen (secondary N) is 1. The average molecular weight is 352 g/mol. The molecule has 2 amide bonds. The zero-order valence-corrected chi connectivity index (χ0v) is 15.8. The fraction of sp³-hybridized carbons (Fsp3) is 0.842. The molecule has 1 atom stereocenters. The van der Waals surface area contributed by atoms with Gasteiger partial charge in [0.05, 0.1) is 11.3 Å². The molecule has 0 spiro atoms. The van der Waals surface area contributed by atoms with E-state index in [1.807, 2.05) is 20.8 Å². The fourth-order valence-electron chi connectivity index (χ4n) is 3.95. The largest absolute Gasteiger partial charge is 0.481 e. The van der Waals surface area contributed by atoms with Crippen LogP contribution in [0.4, 0.5) is 0 Å². The van der Waals surface area contributed by atoms with Gasteiger partial charge in [-0.3, -0.25) is 14.4 Å². The smallest absolute Gasteiger partial charge is 0.311 e. The first-order valence-electron chi connectivity index (χ1n) is 9.46. The maximum atomic E-state index is 12.6. The zero-order chi connectivity index (χ0) is 18.7. The van der Waals surface area contributed by atoms with Crippen molar-refractivity contribution in [2.24, 2.45) is 16.7 Å². The Hall–Kier alpha value is -1.59. The lowest BCUT2D eigenvalue weighted by molar-refractivity contribution is -0.151. The van der Waals surface area contributed by atoms with Gasteiger partial charge in [0.2, 0.25) is 11.8 Å². The van der Waals surface area contributed by atoms with Gasteiger partial charge in [0.1, 0.15) is 0 Å². The quantitative estimate of drug-likeness (QED) is 0.813. The number of nitrogens with zero attached hydrogens (tertiary/aromatic N) is 1. The van der Waals surface area contributed by atoms with Crippen LogP contribution in [0.15, 0.2) is 0 Å². The maximum Gasteiger partial charge on any atom is 0.311 e. The predicted octanol–water partition coefficient (Wildman–Crippen LogP) is 2.42. The highest BCUT2D eigenvalue weighted by Gasteiger charge is 2.40. The lowest BCUT2D eigenvalue weighted by Gasteiger charge is -2.37. The van der Waals surface area contributed by atoms with Crippen LogP contribution in [-0.2, 0) is 14.4 Å². The second kappa shape index (κ2) is 7.75. The van der Waals surface area contributed by atoms with E-state index in [-0.39, 0.29) is 24.3 Å². The van der Waals surface area contributed by atoms with Crippen molar-refractivity contribution in [1.29, 1.82) is 0 Å². The molecule has 6 nitrogen and oxygen atoms in total. The zero-order valence-electron chi connectivity index (χ0n) is 15.8. The number of amides is 2. The van der Waals surface area contributed by atoms with E-state index in [0.717, 1.165) is 32.1 Å². The van der Waals surface area contributed by atoms with Gasteiger partial charge in [-0.05, 0) is 25.7 Å². The van der Waals surface area contributed by atoms with Crippen molar-refractivity contribution in [1.82, 2.24) is 10.2 Å². The van der Waals surface area contributed by atoms with Gasteiger partial charge in [0.15, 0.2) is 0 Å². The number of carbonyl (C=O) groups is 3. The highest BCUT2D eigenvalue weighted by molar-refractivity contribution is 5.84. The van der Waals surface area contributed by atoms with Crippen LogP contribution in [0.1, 0.15) is 65.7 Å². The molecule has 25 heavy (non-hydrogen) atoms. The maximum absolute atomic E-state index is 12.6. The molecule has 0 radical (unpaired) electrons. The molecule has 1 unspecified atom stereocenters. The number of carboxylic acid groups (broad SMARTS) is 1. The van der Waals surface area contributed by atoms with E-state index in [1.54, 1.807) is 4.90 Å². The molecule has 2 aliphatic rings. The van der Waals surface area contributed by atoms with Gasteiger partial charge in [-0.1, -0.05) is 40.0 Å². The Morgan fingerprint density at radius 3 is 2.32 bits per heavy atom. The molecule has 2 fully saturated rings. The summed E-state index contributed by atoms with van der Waals surface area (Å²) >= 11 is 0. The number of carboxylic acids is 1. The lowest BCUT2D eigenvalue weighted by Crippen LogP contribution is -2.51. The molecule has 1 saturated carbocycles. The normalized spacial score (nSPS) is 23.8. The predicted molar refractivity (Wildman–Crippen MR) is 94.9 cm³/mol. The first kappa shape index (κ1) is 19.7. The SMILES string of the molecule is CC(C)(C)C(=O)N1CCCC(C(=O)NCC2(C(=O)O)CCCCC2)C1. The summed E-state index contributed by atoms with van der Waals surface area (Å²) < 4.78 is 0. The highest BCUT2D eigenvalue weighted by Crippen LogP contribution is 2.36. The fourth-order valence-corrected chi connectivity index (χ4v) is 3.95. The summed E-state index contributed by atoms with van der Waals surface area (Å²) in [6.45, 7) is 6.99. The van der Waals surface area contributed by atoms with Crippen LogP contribution in [0, 0.1) is 16.7 Å². The monoisotopic (exact) mass is 352 g/mol. The average Bonchev–Trinajstić information content (AvgIpc) is 2.59. The van der Waals surface area contributed by atoms with Crippen molar-refractivity contribution in [3.8, 4) is 0 Å². The van der Waals surface area contributed by atoms with E-state index >= 15 is 0 Å². The van der Waals surface area contributed by atoms with Crippen LogP contribution in [-0.4, -0.2) is 47.4 Å². The molecule has 1 heterocycles. The Balaban J connectivity index is 1.93. The van der Waals surface area contributed by atoms with Gasteiger partial charge in [0.25, 0.3) is 0 Å². The molecule has 2 N–H and O–H groups in total. The lowest BCUT2D eigenvalue weighted by atomic mass is 9.74. The number of hydrogen-bond donors (Lipinski definition) is 2. The number of likely N-dealkylation sites (tertiary alicyclic amines) is 1. The summed E-state index contributed by atoms with van der Waals surface area (Å²) in [5.41, 5.74) is -1.27. The summed E-state index contributed by atoms with van der Waals surface area (Å²) in [4.78, 5) is 38.5. The number of hydrogen-bond acceptors (Lipinski definition) is 3. The summed E-state index contributed by atoms with van der Waals surface area (Å²) in [6.07, 6.45) is 5.68. The topological polar surface area (TPSA) is 86.7 Å². The molecule has 0 bridgehead atoms. The van der Waals surface area contributed by atoms with Crippen molar-refractivity contribution < 1.29 is 19.5 Å². The molecule has 0 aromatic heterocycles. The first-order chi connectivity index (χ1) is 11.7. The molecule has 1 aliphatic heterocycles. The van der Waals surface area contributed by atoms with Crippen molar-refractivity contribution in [2.45, 2.75) is 65.7 Å². The van der Waals surface area contributed by atoms with Gasteiger partial charge < -0.3 is 15.3 Å². The number of piperidine rings is 1. The van der Waals surface area contributed by atoms with Crippen LogP contribution in [0.2, 0.25) is 0 Å². The van der Waals surface area contributed by atoms with Crippen molar-refractivity contribution >= 4 is 17.8 Å². The molecule has 1 aliphatic carbocycles. The molecular formula is C19H32N2O4. The van der Waals surface area contributed by atoms with Crippen molar-refractivity contribution in [2.75, 3.05) is 19.6 Å². The van der Waals surface area contributed by atoms with Crippen molar-refractivity contribution in [3.05, 3.63) is 0 Å².